The monoisotopic (exact) mass is 393 g/mol. The summed E-state index contributed by atoms with van der Waals surface area (Å²) in [4.78, 5) is 4.38. The lowest BCUT2D eigenvalue weighted by Gasteiger charge is -2.23. The highest BCUT2D eigenvalue weighted by atomic mass is 35.5. The quantitative estimate of drug-likeness (QED) is 0.491. The molecule has 3 N–H and O–H groups in total. The number of nitrogens with zero attached hydrogens (tertiary/aromatic N) is 1. The Hall–Kier alpha value is -1.25. The van der Waals surface area contributed by atoms with E-state index in [1.165, 1.54) is 12.1 Å². The van der Waals surface area contributed by atoms with Gasteiger partial charge in [-0.1, -0.05) is 11.6 Å². The van der Waals surface area contributed by atoms with Crippen molar-refractivity contribution >= 4 is 29.3 Å². The van der Waals surface area contributed by atoms with Crippen molar-refractivity contribution in [1.29, 1.82) is 0 Å². The van der Waals surface area contributed by atoms with Gasteiger partial charge < -0.3 is 20.5 Å². The fourth-order valence-electron chi connectivity index (χ4n) is 2.37. The fraction of sp³-hybridized carbons (Fsp3) is 0.562. The number of aliphatic hydroxyl groups is 1. The van der Waals surface area contributed by atoms with Gasteiger partial charge in [-0.3, -0.25) is 0 Å². The fourth-order valence-corrected chi connectivity index (χ4v) is 3.86. The molecule has 0 saturated carbocycles. The normalized spacial score (nSPS) is 20.8. The number of ether oxygens (including phenoxy) is 1. The lowest BCUT2D eigenvalue weighted by Crippen LogP contribution is -2.47. The van der Waals surface area contributed by atoms with Gasteiger partial charge >= 0.3 is 6.61 Å². The second-order valence-electron chi connectivity index (χ2n) is 5.71. The SMILES string of the molecule is CCNC(=NCc1cc(Cl)ccc1OC(F)F)NCC1(O)CCSC1. The van der Waals surface area contributed by atoms with E-state index < -0.39 is 12.2 Å². The Morgan fingerprint density at radius 1 is 1.48 bits per heavy atom. The molecule has 1 aliphatic rings. The molecule has 1 unspecified atom stereocenters. The van der Waals surface area contributed by atoms with Crippen molar-refractivity contribution in [2.24, 2.45) is 4.99 Å². The van der Waals surface area contributed by atoms with E-state index in [0.29, 0.717) is 35.4 Å². The van der Waals surface area contributed by atoms with Crippen molar-refractivity contribution < 1.29 is 18.6 Å². The minimum Gasteiger partial charge on any atom is -0.434 e. The summed E-state index contributed by atoms with van der Waals surface area (Å²) in [5.74, 6) is 2.16. The van der Waals surface area contributed by atoms with Gasteiger partial charge in [0.05, 0.1) is 12.1 Å². The van der Waals surface area contributed by atoms with E-state index in [9.17, 15) is 13.9 Å². The van der Waals surface area contributed by atoms with Crippen LogP contribution in [0.5, 0.6) is 5.75 Å². The molecule has 1 heterocycles. The van der Waals surface area contributed by atoms with E-state index >= 15 is 0 Å². The van der Waals surface area contributed by atoms with Crippen molar-refractivity contribution in [2.45, 2.75) is 32.1 Å². The third-order valence-electron chi connectivity index (χ3n) is 3.66. The number of hydrogen-bond donors (Lipinski definition) is 3. The zero-order chi connectivity index (χ0) is 18.3. The van der Waals surface area contributed by atoms with Gasteiger partial charge in [0, 0.05) is 29.4 Å². The average molecular weight is 394 g/mol. The maximum absolute atomic E-state index is 12.5. The van der Waals surface area contributed by atoms with Crippen LogP contribution in [0.25, 0.3) is 0 Å². The van der Waals surface area contributed by atoms with Crippen molar-refractivity contribution in [1.82, 2.24) is 10.6 Å². The molecule has 9 heteroatoms. The molecule has 25 heavy (non-hydrogen) atoms. The maximum Gasteiger partial charge on any atom is 0.387 e. The van der Waals surface area contributed by atoms with E-state index in [4.69, 9.17) is 11.6 Å². The molecule has 1 fully saturated rings. The van der Waals surface area contributed by atoms with Crippen LogP contribution in [0.2, 0.25) is 5.02 Å². The highest BCUT2D eigenvalue weighted by molar-refractivity contribution is 7.99. The summed E-state index contributed by atoms with van der Waals surface area (Å²) in [6.45, 7) is 0.133. The number of thioether (sulfide) groups is 1. The van der Waals surface area contributed by atoms with E-state index in [-0.39, 0.29) is 12.3 Å². The van der Waals surface area contributed by atoms with Gasteiger partial charge in [0.15, 0.2) is 5.96 Å². The zero-order valence-corrected chi connectivity index (χ0v) is 15.5. The molecule has 0 radical (unpaired) electrons. The largest absolute Gasteiger partial charge is 0.434 e. The number of halogens is 3. The first kappa shape index (κ1) is 20.1. The number of guanidine groups is 1. The van der Waals surface area contributed by atoms with Gasteiger partial charge in [0.25, 0.3) is 0 Å². The molecule has 0 aliphatic carbocycles. The first-order valence-corrected chi connectivity index (χ1v) is 9.51. The molecule has 1 aromatic rings. The average Bonchev–Trinajstić information content (AvgIpc) is 2.99. The van der Waals surface area contributed by atoms with Crippen molar-refractivity contribution in [3.8, 4) is 5.75 Å². The first-order chi connectivity index (χ1) is 11.9. The van der Waals surface area contributed by atoms with E-state index in [1.807, 2.05) is 6.92 Å². The van der Waals surface area contributed by atoms with Crippen LogP contribution in [0.3, 0.4) is 0 Å². The molecule has 140 valence electrons. The summed E-state index contributed by atoms with van der Waals surface area (Å²) in [6.07, 6.45) is 0.727. The topological polar surface area (TPSA) is 65.9 Å². The van der Waals surface area contributed by atoms with Crippen LogP contribution >= 0.6 is 23.4 Å². The molecule has 0 amide bonds. The van der Waals surface area contributed by atoms with Gasteiger partial charge in [0.1, 0.15) is 5.75 Å². The molecular formula is C16H22ClF2N3O2S. The maximum atomic E-state index is 12.5. The standard InChI is InChI=1S/C16H22ClF2N3O2S/c1-2-20-15(22-9-16(23)5-6-25-10-16)21-8-11-7-12(17)3-4-13(11)24-14(18)19/h3-4,7,14,23H,2,5-6,8-10H2,1H3,(H2,20,21,22). The van der Waals surface area contributed by atoms with Crippen LogP contribution < -0.4 is 15.4 Å². The Balaban J connectivity index is 2.06. The molecule has 0 spiro atoms. The number of aliphatic imine (C=N–C) groups is 1. The summed E-state index contributed by atoms with van der Waals surface area (Å²) in [6, 6.07) is 4.44. The number of rotatable bonds is 7. The van der Waals surface area contributed by atoms with E-state index in [1.54, 1.807) is 17.8 Å². The van der Waals surface area contributed by atoms with E-state index in [2.05, 4.69) is 20.4 Å². The molecule has 0 aromatic heterocycles. The van der Waals surface area contributed by atoms with E-state index in [0.717, 1.165) is 12.2 Å². The molecule has 5 nitrogen and oxygen atoms in total. The van der Waals surface area contributed by atoms with Crippen LogP contribution in [0, 0.1) is 0 Å². The van der Waals surface area contributed by atoms with Crippen LogP contribution in [-0.4, -0.2) is 47.9 Å². The Bertz CT molecular complexity index is 599. The van der Waals surface area contributed by atoms with Crippen molar-refractivity contribution in [3.05, 3.63) is 28.8 Å². The Morgan fingerprint density at radius 2 is 2.28 bits per heavy atom. The highest BCUT2D eigenvalue weighted by Gasteiger charge is 2.31. The molecular weight excluding hydrogens is 372 g/mol. The van der Waals surface area contributed by atoms with Crippen LogP contribution in [0.4, 0.5) is 8.78 Å². The Morgan fingerprint density at radius 3 is 2.92 bits per heavy atom. The van der Waals surface area contributed by atoms with Crippen molar-refractivity contribution in [3.63, 3.8) is 0 Å². The number of benzene rings is 1. The minimum atomic E-state index is -2.91. The second-order valence-corrected chi connectivity index (χ2v) is 7.25. The molecule has 1 saturated heterocycles. The molecule has 1 atom stereocenters. The predicted molar refractivity (Wildman–Crippen MR) is 97.8 cm³/mol. The lowest BCUT2D eigenvalue weighted by molar-refractivity contribution is -0.0504. The number of hydrogen-bond acceptors (Lipinski definition) is 4. The van der Waals surface area contributed by atoms with Crippen LogP contribution in [-0.2, 0) is 6.54 Å². The van der Waals surface area contributed by atoms with Gasteiger partial charge in [0.2, 0.25) is 0 Å². The predicted octanol–water partition coefficient (Wildman–Crippen LogP) is 2.86. The third kappa shape index (κ3) is 6.52. The summed E-state index contributed by atoms with van der Waals surface area (Å²) < 4.78 is 29.5. The molecule has 1 aliphatic heterocycles. The summed E-state index contributed by atoms with van der Waals surface area (Å²) in [5.41, 5.74) is -0.291. The number of alkyl halides is 2. The van der Waals surface area contributed by atoms with Gasteiger partial charge in [-0.2, -0.15) is 20.5 Å². The smallest absolute Gasteiger partial charge is 0.387 e. The zero-order valence-electron chi connectivity index (χ0n) is 13.9. The lowest BCUT2D eigenvalue weighted by atomic mass is 10.0. The summed E-state index contributed by atoms with van der Waals surface area (Å²) in [7, 11) is 0. The number of nitrogens with one attached hydrogen (secondary N) is 2. The molecule has 0 bridgehead atoms. The van der Waals surface area contributed by atoms with Gasteiger partial charge in [-0.15, -0.1) is 0 Å². The second kappa shape index (κ2) is 9.45. The van der Waals surface area contributed by atoms with Crippen LogP contribution in [0.15, 0.2) is 23.2 Å². The Labute approximate surface area is 155 Å². The highest BCUT2D eigenvalue weighted by Crippen LogP contribution is 2.27. The van der Waals surface area contributed by atoms with Crippen LogP contribution in [0.1, 0.15) is 18.9 Å². The molecule has 2 rings (SSSR count). The van der Waals surface area contributed by atoms with Gasteiger partial charge in [-0.05, 0) is 37.3 Å². The molecule has 1 aromatic carbocycles. The summed E-state index contributed by atoms with van der Waals surface area (Å²) in [5, 5.41) is 17.0. The summed E-state index contributed by atoms with van der Waals surface area (Å²) >= 11 is 7.65. The Kier molecular flexibility index (Phi) is 7.58. The van der Waals surface area contributed by atoms with Crippen molar-refractivity contribution in [2.75, 3.05) is 24.6 Å². The minimum absolute atomic E-state index is 0.0461. The third-order valence-corrected chi connectivity index (χ3v) is 5.13. The van der Waals surface area contributed by atoms with Gasteiger partial charge in [-0.25, -0.2) is 4.99 Å². The first-order valence-electron chi connectivity index (χ1n) is 7.97.